The molecule has 3 rings (SSSR count). The smallest absolute Gasteiger partial charge is 0.338 e. The van der Waals surface area contributed by atoms with Crippen LogP contribution in [0.5, 0.6) is 17.2 Å². The maximum Gasteiger partial charge on any atom is 0.338 e. The monoisotopic (exact) mass is 370 g/mol. The van der Waals surface area contributed by atoms with Gasteiger partial charge in [-0.25, -0.2) is 4.79 Å². The van der Waals surface area contributed by atoms with Gasteiger partial charge in [0, 0.05) is 17.5 Å². The molecule has 1 aliphatic rings. The van der Waals surface area contributed by atoms with Crippen LogP contribution in [0.15, 0.2) is 42.5 Å². The minimum Gasteiger partial charge on any atom is -0.496 e. The minimum absolute atomic E-state index is 0.0566. The molecule has 0 radical (unpaired) electrons. The first kappa shape index (κ1) is 19.1. The molecular formula is C22H26O5. The van der Waals surface area contributed by atoms with Crippen LogP contribution in [-0.4, -0.2) is 33.4 Å². The number of methoxy groups -OCH3 is 3. The van der Waals surface area contributed by atoms with Crippen molar-refractivity contribution in [3.05, 3.63) is 53.6 Å². The molecule has 1 fully saturated rings. The van der Waals surface area contributed by atoms with E-state index in [4.69, 9.17) is 18.9 Å². The summed E-state index contributed by atoms with van der Waals surface area (Å²) in [5, 5.41) is 0. The first-order chi connectivity index (χ1) is 13.2. The SMILES string of the molecule is COc1cc(OC)c(C2CCCCC2OC(=O)c2ccccc2)cc1OC. The van der Waals surface area contributed by atoms with E-state index in [9.17, 15) is 4.79 Å². The average Bonchev–Trinajstić information content (AvgIpc) is 2.73. The Morgan fingerprint density at radius 1 is 0.852 bits per heavy atom. The Labute approximate surface area is 160 Å². The lowest BCUT2D eigenvalue weighted by Crippen LogP contribution is -2.29. The van der Waals surface area contributed by atoms with E-state index in [0.717, 1.165) is 37.0 Å². The Balaban J connectivity index is 1.90. The Kier molecular flexibility index (Phi) is 6.22. The predicted octanol–water partition coefficient (Wildman–Crippen LogP) is 4.60. The third kappa shape index (κ3) is 4.18. The number of hydrogen-bond donors (Lipinski definition) is 0. The van der Waals surface area contributed by atoms with E-state index in [1.807, 2.05) is 30.3 Å². The fourth-order valence-electron chi connectivity index (χ4n) is 3.72. The van der Waals surface area contributed by atoms with E-state index in [-0.39, 0.29) is 18.0 Å². The van der Waals surface area contributed by atoms with Crippen molar-refractivity contribution < 1.29 is 23.7 Å². The number of rotatable bonds is 6. The molecule has 0 bridgehead atoms. The largest absolute Gasteiger partial charge is 0.496 e. The third-order valence-electron chi connectivity index (χ3n) is 5.11. The molecule has 2 atom stereocenters. The topological polar surface area (TPSA) is 54.0 Å². The van der Waals surface area contributed by atoms with Gasteiger partial charge in [0.05, 0.1) is 26.9 Å². The average molecular weight is 370 g/mol. The number of carbonyl (C=O) groups excluding carboxylic acids is 1. The van der Waals surface area contributed by atoms with Crippen LogP contribution in [0.2, 0.25) is 0 Å². The van der Waals surface area contributed by atoms with E-state index >= 15 is 0 Å². The molecule has 27 heavy (non-hydrogen) atoms. The number of ether oxygens (including phenoxy) is 4. The fraction of sp³-hybridized carbons (Fsp3) is 0.409. The van der Waals surface area contributed by atoms with E-state index in [0.29, 0.717) is 17.1 Å². The van der Waals surface area contributed by atoms with Gasteiger partial charge in [0.25, 0.3) is 0 Å². The van der Waals surface area contributed by atoms with Gasteiger partial charge in [0.2, 0.25) is 0 Å². The second-order valence-corrected chi connectivity index (χ2v) is 6.65. The second kappa shape index (κ2) is 8.80. The molecule has 0 N–H and O–H groups in total. The summed E-state index contributed by atoms with van der Waals surface area (Å²) in [5.74, 6) is 1.76. The highest BCUT2D eigenvalue weighted by molar-refractivity contribution is 5.89. The predicted molar refractivity (Wildman–Crippen MR) is 103 cm³/mol. The Morgan fingerprint density at radius 3 is 2.15 bits per heavy atom. The van der Waals surface area contributed by atoms with Gasteiger partial charge in [-0.05, 0) is 37.5 Å². The van der Waals surface area contributed by atoms with Crippen LogP contribution in [0.1, 0.15) is 47.5 Å². The van der Waals surface area contributed by atoms with Gasteiger partial charge in [0.15, 0.2) is 11.5 Å². The molecule has 5 nitrogen and oxygen atoms in total. The fourth-order valence-corrected chi connectivity index (χ4v) is 3.72. The van der Waals surface area contributed by atoms with E-state index in [1.165, 1.54) is 0 Å². The molecule has 0 saturated heterocycles. The molecule has 2 aromatic rings. The van der Waals surface area contributed by atoms with Gasteiger partial charge >= 0.3 is 5.97 Å². The molecule has 0 aliphatic heterocycles. The number of benzene rings is 2. The molecule has 2 unspecified atom stereocenters. The second-order valence-electron chi connectivity index (χ2n) is 6.65. The summed E-state index contributed by atoms with van der Waals surface area (Å²) in [4.78, 5) is 12.6. The van der Waals surface area contributed by atoms with Crippen LogP contribution >= 0.6 is 0 Å². The van der Waals surface area contributed by atoms with E-state index in [2.05, 4.69) is 0 Å². The molecule has 0 aromatic heterocycles. The molecule has 2 aromatic carbocycles. The number of esters is 1. The van der Waals surface area contributed by atoms with Crippen LogP contribution in [0.4, 0.5) is 0 Å². The summed E-state index contributed by atoms with van der Waals surface area (Å²) < 4.78 is 22.4. The Bertz CT molecular complexity index is 772. The number of hydrogen-bond acceptors (Lipinski definition) is 5. The van der Waals surface area contributed by atoms with Gasteiger partial charge in [-0.15, -0.1) is 0 Å². The molecule has 144 valence electrons. The van der Waals surface area contributed by atoms with E-state index in [1.54, 1.807) is 33.5 Å². The highest BCUT2D eigenvalue weighted by Gasteiger charge is 2.33. The normalized spacial score (nSPS) is 19.2. The lowest BCUT2D eigenvalue weighted by atomic mass is 9.81. The van der Waals surface area contributed by atoms with Crippen molar-refractivity contribution in [3.63, 3.8) is 0 Å². The highest BCUT2D eigenvalue weighted by Crippen LogP contribution is 2.44. The molecule has 0 heterocycles. The van der Waals surface area contributed by atoms with Gasteiger partial charge in [-0.3, -0.25) is 0 Å². The summed E-state index contributed by atoms with van der Waals surface area (Å²) in [6.45, 7) is 0. The minimum atomic E-state index is -0.285. The van der Waals surface area contributed by atoms with Gasteiger partial charge in [0.1, 0.15) is 11.9 Å². The van der Waals surface area contributed by atoms with Gasteiger partial charge < -0.3 is 18.9 Å². The maximum atomic E-state index is 12.6. The number of carbonyl (C=O) groups is 1. The zero-order chi connectivity index (χ0) is 19.2. The van der Waals surface area contributed by atoms with Crippen molar-refractivity contribution >= 4 is 5.97 Å². The highest BCUT2D eigenvalue weighted by atomic mass is 16.5. The summed E-state index contributed by atoms with van der Waals surface area (Å²) in [5.41, 5.74) is 1.56. The van der Waals surface area contributed by atoms with Crippen molar-refractivity contribution in [1.82, 2.24) is 0 Å². The van der Waals surface area contributed by atoms with Gasteiger partial charge in [-0.2, -0.15) is 0 Å². The van der Waals surface area contributed by atoms with Crippen molar-refractivity contribution in [3.8, 4) is 17.2 Å². The molecule has 5 heteroatoms. The van der Waals surface area contributed by atoms with Crippen LogP contribution in [0.25, 0.3) is 0 Å². The first-order valence-electron chi connectivity index (χ1n) is 9.23. The van der Waals surface area contributed by atoms with Gasteiger partial charge in [-0.1, -0.05) is 24.6 Å². The van der Waals surface area contributed by atoms with Crippen LogP contribution in [0.3, 0.4) is 0 Å². The van der Waals surface area contributed by atoms with Crippen LogP contribution in [0, 0.1) is 0 Å². The van der Waals surface area contributed by atoms with Crippen molar-refractivity contribution in [2.24, 2.45) is 0 Å². The van der Waals surface area contributed by atoms with Crippen molar-refractivity contribution in [2.45, 2.75) is 37.7 Å². The zero-order valence-electron chi connectivity index (χ0n) is 16.1. The lowest BCUT2D eigenvalue weighted by molar-refractivity contribution is 0.0139. The zero-order valence-corrected chi connectivity index (χ0v) is 16.1. The quantitative estimate of drug-likeness (QED) is 0.696. The first-order valence-corrected chi connectivity index (χ1v) is 9.23. The van der Waals surface area contributed by atoms with E-state index < -0.39 is 0 Å². The summed E-state index contributed by atoms with van der Waals surface area (Å²) in [7, 11) is 4.85. The molecule has 1 aliphatic carbocycles. The Hall–Kier alpha value is -2.69. The maximum absolute atomic E-state index is 12.6. The summed E-state index contributed by atoms with van der Waals surface area (Å²) in [6.07, 6.45) is 3.69. The third-order valence-corrected chi connectivity index (χ3v) is 5.11. The van der Waals surface area contributed by atoms with Crippen LogP contribution in [-0.2, 0) is 4.74 Å². The molecule has 0 amide bonds. The van der Waals surface area contributed by atoms with Crippen molar-refractivity contribution in [2.75, 3.05) is 21.3 Å². The van der Waals surface area contributed by atoms with Crippen LogP contribution < -0.4 is 14.2 Å². The van der Waals surface area contributed by atoms with Crippen molar-refractivity contribution in [1.29, 1.82) is 0 Å². The molecule has 1 saturated carbocycles. The lowest BCUT2D eigenvalue weighted by Gasteiger charge is -2.32. The molecule has 0 spiro atoms. The summed E-state index contributed by atoms with van der Waals surface area (Å²) >= 11 is 0. The molecular weight excluding hydrogens is 344 g/mol. The standard InChI is InChI=1S/C22H26O5/c1-24-19-14-21(26-3)20(25-2)13-17(19)16-11-7-8-12-18(16)27-22(23)15-9-5-4-6-10-15/h4-6,9-10,13-14,16,18H,7-8,11-12H2,1-3H3. The summed E-state index contributed by atoms with van der Waals surface area (Å²) in [6, 6.07) is 12.9. The Morgan fingerprint density at radius 2 is 1.48 bits per heavy atom.